The largest absolute Gasteiger partial charge is 0.468 e. The SMILES string of the molecule is COC(=O)Cn1ncc(NCC(C)(C)C)c(Br)c1=O. The Balaban J connectivity index is 2.92. The van der Waals surface area contributed by atoms with E-state index in [0.717, 1.165) is 4.68 Å². The maximum Gasteiger partial charge on any atom is 0.327 e. The van der Waals surface area contributed by atoms with Gasteiger partial charge >= 0.3 is 5.97 Å². The van der Waals surface area contributed by atoms with Crippen LogP contribution in [-0.2, 0) is 16.1 Å². The summed E-state index contributed by atoms with van der Waals surface area (Å²) >= 11 is 3.22. The third kappa shape index (κ3) is 4.66. The van der Waals surface area contributed by atoms with Crippen molar-refractivity contribution in [2.75, 3.05) is 19.0 Å². The lowest BCUT2D eigenvalue weighted by atomic mass is 9.97. The lowest BCUT2D eigenvalue weighted by Gasteiger charge is -2.20. The van der Waals surface area contributed by atoms with Crippen LogP contribution in [0.15, 0.2) is 15.5 Å². The van der Waals surface area contributed by atoms with Crippen LogP contribution in [0.3, 0.4) is 0 Å². The van der Waals surface area contributed by atoms with Crippen molar-refractivity contribution in [1.82, 2.24) is 9.78 Å². The smallest absolute Gasteiger partial charge is 0.327 e. The Morgan fingerprint density at radius 2 is 2.16 bits per heavy atom. The van der Waals surface area contributed by atoms with E-state index in [2.05, 4.69) is 51.9 Å². The maximum absolute atomic E-state index is 12.0. The second-order valence-corrected chi connectivity index (χ2v) is 6.12. The second-order valence-electron chi connectivity index (χ2n) is 5.33. The molecule has 0 radical (unpaired) electrons. The minimum absolute atomic E-state index is 0.0836. The molecule has 0 aliphatic rings. The van der Waals surface area contributed by atoms with Crippen LogP contribution in [0.5, 0.6) is 0 Å². The van der Waals surface area contributed by atoms with Crippen molar-refractivity contribution in [3.05, 3.63) is 21.0 Å². The van der Waals surface area contributed by atoms with Gasteiger partial charge in [0.1, 0.15) is 11.0 Å². The third-order valence-electron chi connectivity index (χ3n) is 2.30. The highest BCUT2D eigenvalue weighted by Crippen LogP contribution is 2.19. The number of halogens is 1. The molecule has 1 N–H and O–H groups in total. The van der Waals surface area contributed by atoms with Gasteiger partial charge in [-0.1, -0.05) is 20.8 Å². The van der Waals surface area contributed by atoms with Crippen LogP contribution < -0.4 is 10.9 Å². The zero-order valence-electron chi connectivity index (χ0n) is 11.5. The molecule has 0 aliphatic carbocycles. The molecule has 0 unspecified atom stereocenters. The Hall–Kier alpha value is -1.37. The highest BCUT2D eigenvalue weighted by molar-refractivity contribution is 9.10. The molecule has 0 aromatic carbocycles. The van der Waals surface area contributed by atoms with Crippen molar-refractivity contribution in [2.45, 2.75) is 27.3 Å². The predicted octanol–water partition coefficient (Wildman–Crippen LogP) is 1.64. The molecule has 1 heterocycles. The van der Waals surface area contributed by atoms with E-state index in [9.17, 15) is 9.59 Å². The third-order valence-corrected chi connectivity index (χ3v) is 3.07. The summed E-state index contributed by atoms with van der Waals surface area (Å²) in [4.78, 5) is 23.1. The van der Waals surface area contributed by atoms with Crippen LogP contribution in [0.25, 0.3) is 0 Å². The van der Waals surface area contributed by atoms with Crippen molar-refractivity contribution in [2.24, 2.45) is 5.41 Å². The summed E-state index contributed by atoms with van der Waals surface area (Å²) in [6.45, 7) is 6.75. The summed E-state index contributed by atoms with van der Waals surface area (Å²) in [6, 6.07) is 0. The molecule has 0 spiro atoms. The Kier molecular flexibility index (Phi) is 5.11. The average molecular weight is 332 g/mol. The van der Waals surface area contributed by atoms with Gasteiger partial charge in [0.05, 0.1) is 19.0 Å². The van der Waals surface area contributed by atoms with Gasteiger partial charge in [-0.05, 0) is 21.3 Å². The molecule has 0 saturated heterocycles. The van der Waals surface area contributed by atoms with Crippen LogP contribution >= 0.6 is 15.9 Å². The van der Waals surface area contributed by atoms with Gasteiger partial charge in [-0.15, -0.1) is 0 Å². The van der Waals surface area contributed by atoms with Crippen LogP contribution in [-0.4, -0.2) is 29.4 Å². The highest BCUT2D eigenvalue weighted by Gasteiger charge is 2.14. The molecule has 0 amide bonds. The van der Waals surface area contributed by atoms with Crippen LogP contribution in [0, 0.1) is 5.41 Å². The number of aromatic nitrogens is 2. The van der Waals surface area contributed by atoms with Crippen LogP contribution in [0.1, 0.15) is 20.8 Å². The first kappa shape index (κ1) is 15.7. The van der Waals surface area contributed by atoms with Crippen molar-refractivity contribution in [3.63, 3.8) is 0 Å². The molecule has 1 rings (SSSR count). The fraction of sp³-hybridized carbons (Fsp3) is 0.583. The zero-order chi connectivity index (χ0) is 14.6. The van der Waals surface area contributed by atoms with E-state index < -0.39 is 5.97 Å². The summed E-state index contributed by atoms with van der Waals surface area (Å²) in [5.74, 6) is -0.517. The Bertz CT molecular complexity index is 520. The van der Waals surface area contributed by atoms with Gasteiger partial charge < -0.3 is 10.1 Å². The zero-order valence-corrected chi connectivity index (χ0v) is 13.1. The summed E-state index contributed by atoms with van der Waals surface area (Å²) < 4.78 is 5.91. The number of rotatable bonds is 4. The molecule has 1 aromatic rings. The highest BCUT2D eigenvalue weighted by atomic mass is 79.9. The summed E-state index contributed by atoms with van der Waals surface area (Å²) in [5, 5.41) is 7.09. The summed E-state index contributed by atoms with van der Waals surface area (Å²) in [7, 11) is 1.27. The number of methoxy groups -OCH3 is 1. The van der Waals surface area contributed by atoms with E-state index in [4.69, 9.17) is 0 Å². The fourth-order valence-corrected chi connectivity index (χ4v) is 1.70. The molecule has 0 bridgehead atoms. The average Bonchev–Trinajstić information content (AvgIpc) is 2.32. The first-order chi connectivity index (χ1) is 8.74. The number of esters is 1. The normalized spacial score (nSPS) is 11.2. The molecular weight excluding hydrogens is 314 g/mol. The van der Waals surface area contributed by atoms with Gasteiger partial charge in [-0.2, -0.15) is 5.10 Å². The van der Waals surface area contributed by atoms with E-state index in [1.807, 2.05) is 0 Å². The number of hydrogen-bond acceptors (Lipinski definition) is 5. The number of nitrogens with zero attached hydrogens (tertiary/aromatic N) is 2. The van der Waals surface area contributed by atoms with E-state index in [1.54, 1.807) is 0 Å². The van der Waals surface area contributed by atoms with Crippen molar-refractivity contribution in [1.29, 1.82) is 0 Å². The topological polar surface area (TPSA) is 73.2 Å². The van der Waals surface area contributed by atoms with Gasteiger partial charge in [-0.25, -0.2) is 4.68 Å². The van der Waals surface area contributed by atoms with Crippen molar-refractivity contribution < 1.29 is 9.53 Å². The summed E-state index contributed by atoms with van der Waals surface area (Å²) in [6.07, 6.45) is 1.51. The molecule has 0 fully saturated rings. The number of nitrogens with one attached hydrogen (secondary N) is 1. The second kappa shape index (κ2) is 6.18. The van der Waals surface area contributed by atoms with Crippen molar-refractivity contribution >= 4 is 27.6 Å². The van der Waals surface area contributed by atoms with Crippen LogP contribution in [0.4, 0.5) is 5.69 Å². The van der Waals surface area contributed by atoms with Gasteiger partial charge in [0.15, 0.2) is 0 Å². The minimum atomic E-state index is -0.517. The Morgan fingerprint density at radius 3 is 2.68 bits per heavy atom. The molecule has 1 aromatic heterocycles. The molecule has 0 saturated carbocycles. The first-order valence-electron chi connectivity index (χ1n) is 5.81. The quantitative estimate of drug-likeness (QED) is 0.849. The van der Waals surface area contributed by atoms with Gasteiger partial charge in [-0.3, -0.25) is 9.59 Å². The fourth-order valence-electron chi connectivity index (χ4n) is 1.25. The number of ether oxygens (including phenoxy) is 1. The molecule has 106 valence electrons. The summed E-state index contributed by atoms with van der Waals surface area (Å²) in [5.41, 5.74) is 0.325. The van der Waals surface area contributed by atoms with Gasteiger partial charge in [0.2, 0.25) is 0 Å². The van der Waals surface area contributed by atoms with E-state index in [1.165, 1.54) is 13.3 Å². The number of anilines is 1. The van der Waals surface area contributed by atoms with Crippen molar-refractivity contribution in [3.8, 4) is 0 Å². The van der Waals surface area contributed by atoms with E-state index in [0.29, 0.717) is 16.7 Å². The molecule has 7 heteroatoms. The molecular formula is C12H18BrN3O3. The van der Waals surface area contributed by atoms with Gasteiger partial charge in [0.25, 0.3) is 5.56 Å². The van der Waals surface area contributed by atoms with Gasteiger partial charge in [0, 0.05) is 6.54 Å². The number of carbonyl (C=O) groups excluding carboxylic acids is 1. The monoisotopic (exact) mass is 331 g/mol. The van der Waals surface area contributed by atoms with E-state index in [-0.39, 0.29) is 17.5 Å². The Morgan fingerprint density at radius 1 is 1.53 bits per heavy atom. The Labute approximate surface area is 120 Å². The standard InChI is InChI=1S/C12H18BrN3O3/c1-12(2,3)7-14-8-5-15-16(6-9(17)19-4)11(18)10(8)13/h5,14H,6-7H2,1-4H3. The molecule has 0 atom stereocenters. The van der Waals surface area contributed by atoms with E-state index >= 15 is 0 Å². The molecule has 0 aliphatic heterocycles. The maximum atomic E-state index is 12.0. The predicted molar refractivity (Wildman–Crippen MR) is 76.2 cm³/mol. The number of carbonyl (C=O) groups is 1. The lowest BCUT2D eigenvalue weighted by Crippen LogP contribution is -2.29. The molecule has 6 nitrogen and oxygen atoms in total. The lowest BCUT2D eigenvalue weighted by molar-refractivity contribution is -0.141. The number of hydrogen-bond donors (Lipinski definition) is 1. The first-order valence-corrected chi connectivity index (χ1v) is 6.60. The molecule has 19 heavy (non-hydrogen) atoms. The van der Waals surface area contributed by atoms with Crippen LogP contribution in [0.2, 0.25) is 0 Å². The minimum Gasteiger partial charge on any atom is -0.468 e.